The molecular formula is C12H9BF2O2. The van der Waals surface area contributed by atoms with E-state index < -0.39 is 18.8 Å². The van der Waals surface area contributed by atoms with Crippen molar-refractivity contribution in [2.75, 3.05) is 0 Å². The minimum atomic E-state index is -1.85. The Morgan fingerprint density at radius 1 is 0.882 bits per heavy atom. The quantitative estimate of drug-likeness (QED) is 0.769. The molecule has 0 aromatic heterocycles. The zero-order chi connectivity index (χ0) is 12.4. The molecule has 0 saturated heterocycles. The van der Waals surface area contributed by atoms with Crippen LogP contribution in [0.4, 0.5) is 8.78 Å². The van der Waals surface area contributed by atoms with Gasteiger partial charge in [0.25, 0.3) is 0 Å². The minimum absolute atomic E-state index is 0.0601. The van der Waals surface area contributed by atoms with Gasteiger partial charge in [-0.1, -0.05) is 30.3 Å². The van der Waals surface area contributed by atoms with E-state index in [0.29, 0.717) is 5.56 Å². The fourth-order valence-corrected chi connectivity index (χ4v) is 1.64. The zero-order valence-electron chi connectivity index (χ0n) is 8.77. The monoisotopic (exact) mass is 234 g/mol. The highest BCUT2D eigenvalue weighted by Crippen LogP contribution is 2.19. The van der Waals surface area contributed by atoms with Crippen LogP contribution in [0.25, 0.3) is 11.1 Å². The topological polar surface area (TPSA) is 40.5 Å². The van der Waals surface area contributed by atoms with Crippen LogP contribution in [0.3, 0.4) is 0 Å². The van der Waals surface area contributed by atoms with Gasteiger partial charge in [-0.05, 0) is 28.7 Å². The fraction of sp³-hybridized carbons (Fsp3) is 0. The van der Waals surface area contributed by atoms with Crippen molar-refractivity contribution in [2.24, 2.45) is 0 Å². The van der Waals surface area contributed by atoms with Crippen LogP contribution in [0.5, 0.6) is 0 Å². The normalized spacial score (nSPS) is 10.4. The van der Waals surface area contributed by atoms with Crippen molar-refractivity contribution in [3.05, 3.63) is 54.1 Å². The highest BCUT2D eigenvalue weighted by molar-refractivity contribution is 6.60. The second-order valence-electron chi connectivity index (χ2n) is 3.59. The average molecular weight is 234 g/mol. The van der Waals surface area contributed by atoms with Gasteiger partial charge in [0, 0.05) is 0 Å². The van der Waals surface area contributed by atoms with Crippen LogP contribution in [0, 0.1) is 11.6 Å². The highest BCUT2D eigenvalue weighted by atomic mass is 19.2. The van der Waals surface area contributed by atoms with Crippen molar-refractivity contribution in [3.63, 3.8) is 0 Å². The molecular weight excluding hydrogens is 225 g/mol. The first-order chi connectivity index (χ1) is 8.09. The Balaban J connectivity index is 2.64. The summed E-state index contributed by atoms with van der Waals surface area (Å²) in [4.78, 5) is 0. The third-order valence-electron chi connectivity index (χ3n) is 2.46. The average Bonchev–Trinajstić information content (AvgIpc) is 2.33. The number of halogens is 2. The number of rotatable bonds is 2. The van der Waals surface area contributed by atoms with E-state index in [-0.39, 0.29) is 11.0 Å². The molecule has 2 rings (SSSR count). The van der Waals surface area contributed by atoms with Crippen LogP contribution in [0.2, 0.25) is 0 Å². The van der Waals surface area contributed by atoms with Crippen molar-refractivity contribution in [1.82, 2.24) is 0 Å². The number of hydrogen-bond donors (Lipinski definition) is 2. The first-order valence-electron chi connectivity index (χ1n) is 5.00. The maximum absolute atomic E-state index is 13.2. The van der Waals surface area contributed by atoms with Crippen LogP contribution < -0.4 is 5.46 Å². The summed E-state index contributed by atoms with van der Waals surface area (Å²) in [5.41, 5.74) is 0.795. The maximum Gasteiger partial charge on any atom is 0.489 e. The van der Waals surface area contributed by atoms with E-state index in [0.717, 1.165) is 12.1 Å². The molecule has 0 radical (unpaired) electrons. The molecule has 2 nitrogen and oxygen atoms in total. The number of benzene rings is 2. The van der Waals surface area contributed by atoms with Gasteiger partial charge in [0.1, 0.15) is 0 Å². The molecule has 0 saturated carbocycles. The molecule has 2 N–H and O–H groups in total. The molecule has 0 fully saturated rings. The Bertz CT molecular complexity index is 530. The smallest absolute Gasteiger partial charge is 0.423 e. The molecule has 0 atom stereocenters. The fourth-order valence-electron chi connectivity index (χ4n) is 1.64. The lowest BCUT2D eigenvalue weighted by Gasteiger charge is -2.09. The van der Waals surface area contributed by atoms with Crippen LogP contribution in [-0.2, 0) is 0 Å². The third-order valence-corrected chi connectivity index (χ3v) is 2.46. The molecule has 86 valence electrons. The lowest BCUT2D eigenvalue weighted by Crippen LogP contribution is -2.32. The van der Waals surface area contributed by atoms with Gasteiger partial charge in [-0.3, -0.25) is 0 Å². The largest absolute Gasteiger partial charge is 0.489 e. The summed E-state index contributed by atoms with van der Waals surface area (Å²) in [5, 5.41) is 18.3. The Kier molecular flexibility index (Phi) is 3.22. The van der Waals surface area contributed by atoms with Gasteiger partial charge in [-0.25, -0.2) is 8.78 Å². The maximum atomic E-state index is 13.2. The molecule has 2 aromatic rings. The second kappa shape index (κ2) is 4.65. The molecule has 0 unspecified atom stereocenters. The van der Waals surface area contributed by atoms with E-state index >= 15 is 0 Å². The highest BCUT2D eigenvalue weighted by Gasteiger charge is 2.20. The van der Waals surface area contributed by atoms with Gasteiger partial charge in [0.15, 0.2) is 11.6 Å². The van der Waals surface area contributed by atoms with Crippen molar-refractivity contribution >= 4 is 12.6 Å². The Hall–Kier alpha value is -1.72. The van der Waals surface area contributed by atoms with Gasteiger partial charge in [-0.15, -0.1) is 0 Å². The molecule has 0 heterocycles. The molecule has 0 spiro atoms. The predicted molar refractivity (Wildman–Crippen MR) is 61.6 cm³/mol. The van der Waals surface area contributed by atoms with Crippen LogP contribution in [0.1, 0.15) is 0 Å². The Labute approximate surface area is 97.3 Å². The van der Waals surface area contributed by atoms with E-state index in [1.165, 1.54) is 0 Å². The SMILES string of the molecule is OB(O)c1cc(F)c(F)cc1-c1ccccc1. The van der Waals surface area contributed by atoms with Gasteiger partial charge in [-0.2, -0.15) is 0 Å². The summed E-state index contributed by atoms with van der Waals surface area (Å²) >= 11 is 0. The van der Waals surface area contributed by atoms with E-state index in [2.05, 4.69) is 0 Å². The standard InChI is InChI=1S/C12H9BF2O2/c14-11-6-9(8-4-2-1-3-5-8)10(13(16)17)7-12(11)15/h1-7,16-17H. The van der Waals surface area contributed by atoms with Crippen LogP contribution in [0.15, 0.2) is 42.5 Å². The Morgan fingerprint density at radius 3 is 2.06 bits per heavy atom. The van der Waals surface area contributed by atoms with E-state index in [1.54, 1.807) is 30.3 Å². The lowest BCUT2D eigenvalue weighted by atomic mass is 9.75. The summed E-state index contributed by atoms with van der Waals surface area (Å²) in [6.45, 7) is 0. The van der Waals surface area contributed by atoms with Gasteiger partial charge >= 0.3 is 7.12 Å². The molecule has 0 aliphatic rings. The van der Waals surface area contributed by atoms with Crippen molar-refractivity contribution in [1.29, 1.82) is 0 Å². The second-order valence-corrected chi connectivity index (χ2v) is 3.59. The van der Waals surface area contributed by atoms with E-state index in [9.17, 15) is 8.78 Å². The lowest BCUT2D eigenvalue weighted by molar-refractivity contribution is 0.425. The zero-order valence-corrected chi connectivity index (χ0v) is 8.77. The molecule has 0 aliphatic carbocycles. The van der Waals surface area contributed by atoms with Crippen molar-refractivity contribution in [3.8, 4) is 11.1 Å². The van der Waals surface area contributed by atoms with Gasteiger partial charge in [0.2, 0.25) is 0 Å². The van der Waals surface area contributed by atoms with E-state index in [4.69, 9.17) is 10.0 Å². The molecule has 0 aliphatic heterocycles. The van der Waals surface area contributed by atoms with Crippen molar-refractivity contribution in [2.45, 2.75) is 0 Å². The molecule has 2 aromatic carbocycles. The first-order valence-corrected chi connectivity index (χ1v) is 5.00. The van der Waals surface area contributed by atoms with Crippen LogP contribution in [-0.4, -0.2) is 17.2 Å². The number of hydrogen-bond acceptors (Lipinski definition) is 2. The van der Waals surface area contributed by atoms with Crippen molar-refractivity contribution < 1.29 is 18.8 Å². The summed E-state index contributed by atoms with van der Waals surface area (Å²) in [7, 11) is -1.85. The summed E-state index contributed by atoms with van der Waals surface area (Å²) in [6.07, 6.45) is 0. The Morgan fingerprint density at radius 2 is 1.47 bits per heavy atom. The minimum Gasteiger partial charge on any atom is -0.423 e. The molecule has 0 amide bonds. The van der Waals surface area contributed by atoms with Gasteiger partial charge < -0.3 is 10.0 Å². The molecule has 17 heavy (non-hydrogen) atoms. The first kappa shape index (κ1) is 11.8. The molecule has 0 bridgehead atoms. The summed E-state index contributed by atoms with van der Waals surface area (Å²) in [5.74, 6) is -2.12. The summed E-state index contributed by atoms with van der Waals surface area (Å²) in [6, 6.07) is 10.3. The third kappa shape index (κ3) is 2.35. The van der Waals surface area contributed by atoms with E-state index in [1.807, 2.05) is 0 Å². The molecule has 5 heteroatoms. The van der Waals surface area contributed by atoms with Crippen LogP contribution >= 0.6 is 0 Å². The summed E-state index contributed by atoms with van der Waals surface area (Å²) < 4.78 is 26.2. The van der Waals surface area contributed by atoms with Gasteiger partial charge in [0.05, 0.1) is 0 Å². The predicted octanol–water partition coefficient (Wildman–Crippen LogP) is 1.31.